The summed E-state index contributed by atoms with van der Waals surface area (Å²) in [5.74, 6) is -3.20. The molecule has 0 aromatic carbocycles. The van der Waals surface area contributed by atoms with Gasteiger partial charge in [-0.3, -0.25) is 4.79 Å². The molecule has 0 saturated heterocycles. The van der Waals surface area contributed by atoms with E-state index in [9.17, 15) is 18.4 Å². The lowest BCUT2D eigenvalue weighted by Crippen LogP contribution is -2.46. The summed E-state index contributed by atoms with van der Waals surface area (Å²) in [6, 6.07) is -0.247. The Bertz CT molecular complexity index is 452. The lowest BCUT2D eigenvalue weighted by molar-refractivity contribution is -0.145. The van der Waals surface area contributed by atoms with Gasteiger partial charge in [-0.15, -0.1) is 0 Å². The molecule has 1 saturated carbocycles. The fraction of sp³-hybridized carbons (Fsp3) is 0.889. The van der Waals surface area contributed by atoms with Crippen LogP contribution in [0, 0.1) is 5.92 Å². The van der Waals surface area contributed by atoms with Crippen molar-refractivity contribution < 1.29 is 27.8 Å². The van der Waals surface area contributed by atoms with Gasteiger partial charge >= 0.3 is 12.1 Å². The third kappa shape index (κ3) is 7.57. The first-order valence-corrected chi connectivity index (χ1v) is 8.90. The van der Waals surface area contributed by atoms with Gasteiger partial charge in [0.1, 0.15) is 5.60 Å². The van der Waals surface area contributed by atoms with Crippen LogP contribution in [0.25, 0.3) is 0 Å². The number of alkyl halides is 2. The van der Waals surface area contributed by atoms with E-state index in [1.807, 2.05) is 0 Å². The summed E-state index contributed by atoms with van der Waals surface area (Å²) >= 11 is 0. The molecule has 7 heteroatoms. The number of halogens is 2. The van der Waals surface area contributed by atoms with Gasteiger partial charge in [0.15, 0.2) is 0 Å². The average molecular weight is 363 g/mol. The number of hydrogen-bond acceptors (Lipinski definition) is 4. The van der Waals surface area contributed by atoms with Crippen molar-refractivity contribution >= 4 is 12.1 Å². The van der Waals surface area contributed by atoms with Crippen molar-refractivity contribution in [2.24, 2.45) is 5.92 Å². The van der Waals surface area contributed by atoms with E-state index in [4.69, 9.17) is 9.47 Å². The Morgan fingerprint density at radius 1 is 1.24 bits per heavy atom. The molecule has 1 aliphatic rings. The Morgan fingerprint density at radius 3 is 2.28 bits per heavy atom. The molecule has 1 atom stereocenters. The van der Waals surface area contributed by atoms with Crippen molar-refractivity contribution in [3.63, 3.8) is 0 Å². The van der Waals surface area contributed by atoms with Crippen LogP contribution in [0.15, 0.2) is 0 Å². The predicted molar refractivity (Wildman–Crippen MR) is 90.6 cm³/mol. The maximum absolute atomic E-state index is 13.4. The highest BCUT2D eigenvalue weighted by atomic mass is 19.3. The minimum atomic E-state index is -2.64. The van der Waals surface area contributed by atoms with Gasteiger partial charge in [0.2, 0.25) is 5.92 Å². The van der Waals surface area contributed by atoms with E-state index in [1.54, 1.807) is 32.6 Å². The van der Waals surface area contributed by atoms with Crippen molar-refractivity contribution in [2.75, 3.05) is 13.7 Å². The lowest BCUT2D eigenvalue weighted by Gasteiger charge is -2.37. The van der Waals surface area contributed by atoms with Gasteiger partial charge < -0.3 is 14.4 Å². The molecule has 1 aliphatic carbocycles. The number of esters is 1. The van der Waals surface area contributed by atoms with Gasteiger partial charge in [-0.05, 0) is 46.5 Å². The first kappa shape index (κ1) is 21.6. The second-order valence-electron chi connectivity index (χ2n) is 7.83. The molecular formula is C18H31F2NO4. The fourth-order valence-electron chi connectivity index (χ4n) is 2.97. The van der Waals surface area contributed by atoms with Crippen LogP contribution in [-0.2, 0) is 14.3 Å². The number of hydrogen-bond donors (Lipinski definition) is 0. The maximum Gasteiger partial charge on any atom is 0.410 e. The minimum absolute atomic E-state index is 0.213. The van der Waals surface area contributed by atoms with Crippen molar-refractivity contribution in [2.45, 2.75) is 83.8 Å². The standard InChI is InChI=1S/C18H31F2NO4/c1-13(15(22)24-5)7-6-12-21(16(23)25-17(2,3)4)14-8-10-18(19,20)11-9-14/h13-14H,6-12H2,1-5H3. The second-order valence-corrected chi connectivity index (χ2v) is 7.83. The number of ether oxygens (including phenoxy) is 2. The molecule has 0 aromatic heterocycles. The molecule has 0 N–H and O–H groups in total. The maximum atomic E-state index is 13.4. The van der Waals surface area contributed by atoms with Crippen LogP contribution in [0.3, 0.4) is 0 Å². The summed E-state index contributed by atoms with van der Waals surface area (Å²) in [4.78, 5) is 25.5. The van der Waals surface area contributed by atoms with Crippen molar-refractivity contribution in [3.05, 3.63) is 0 Å². The van der Waals surface area contributed by atoms with Gasteiger partial charge in [0.25, 0.3) is 0 Å². The molecule has 25 heavy (non-hydrogen) atoms. The first-order valence-electron chi connectivity index (χ1n) is 8.90. The van der Waals surface area contributed by atoms with E-state index < -0.39 is 17.6 Å². The van der Waals surface area contributed by atoms with Crippen molar-refractivity contribution in [1.82, 2.24) is 4.90 Å². The summed E-state index contributed by atoms with van der Waals surface area (Å²) in [7, 11) is 1.34. The molecule has 1 rings (SSSR count). The zero-order valence-corrected chi connectivity index (χ0v) is 15.9. The smallest absolute Gasteiger partial charge is 0.410 e. The Labute approximate surface area is 149 Å². The Morgan fingerprint density at radius 2 is 1.80 bits per heavy atom. The SMILES string of the molecule is COC(=O)C(C)CCCN(C(=O)OC(C)(C)C)C1CCC(F)(F)CC1. The van der Waals surface area contributed by atoms with Crippen molar-refractivity contribution in [1.29, 1.82) is 0 Å². The highest BCUT2D eigenvalue weighted by Crippen LogP contribution is 2.35. The van der Waals surface area contributed by atoms with E-state index in [2.05, 4.69) is 0 Å². The van der Waals surface area contributed by atoms with Crippen LogP contribution in [-0.4, -0.2) is 48.2 Å². The molecule has 1 amide bonds. The summed E-state index contributed by atoms with van der Waals surface area (Å²) in [6.45, 7) is 7.48. The van der Waals surface area contributed by atoms with Gasteiger partial charge in [-0.1, -0.05) is 6.92 Å². The van der Waals surface area contributed by atoms with E-state index in [0.717, 1.165) is 0 Å². The number of carbonyl (C=O) groups excluding carboxylic acids is 2. The van der Waals surface area contributed by atoms with E-state index in [0.29, 0.717) is 19.4 Å². The van der Waals surface area contributed by atoms with Gasteiger partial charge in [0, 0.05) is 25.4 Å². The molecule has 0 radical (unpaired) electrons. The highest BCUT2D eigenvalue weighted by Gasteiger charge is 2.39. The molecule has 0 aliphatic heterocycles. The molecule has 0 heterocycles. The number of carbonyl (C=O) groups is 2. The van der Waals surface area contributed by atoms with Gasteiger partial charge in [0.05, 0.1) is 13.0 Å². The molecule has 1 unspecified atom stereocenters. The van der Waals surface area contributed by atoms with Crippen LogP contribution in [0.4, 0.5) is 13.6 Å². The summed E-state index contributed by atoms with van der Waals surface area (Å²) in [5.41, 5.74) is -0.646. The van der Waals surface area contributed by atoms with Crippen LogP contribution >= 0.6 is 0 Å². The van der Waals surface area contributed by atoms with Gasteiger partial charge in [-0.25, -0.2) is 13.6 Å². The van der Waals surface area contributed by atoms with Crippen molar-refractivity contribution in [3.8, 4) is 0 Å². The van der Waals surface area contributed by atoms with Crippen LogP contribution in [0.5, 0.6) is 0 Å². The Hall–Kier alpha value is -1.40. The third-order valence-corrected chi connectivity index (χ3v) is 4.40. The number of rotatable bonds is 6. The largest absolute Gasteiger partial charge is 0.469 e. The average Bonchev–Trinajstić information content (AvgIpc) is 2.49. The normalized spacial score (nSPS) is 19.2. The monoisotopic (exact) mass is 363 g/mol. The summed E-state index contributed by atoms with van der Waals surface area (Å²) < 4.78 is 37.0. The third-order valence-electron chi connectivity index (χ3n) is 4.40. The molecule has 1 fully saturated rings. The van der Waals surface area contributed by atoms with E-state index in [-0.39, 0.29) is 43.6 Å². The zero-order valence-electron chi connectivity index (χ0n) is 15.9. The lowest BCUT2D eigenvalue weighted by atomic mass is 9.91. The Kier molecular flexibility index (Phi) is 7.62. The Balaban J connectivity index is 2.68. The zero-order chi connectivity index (χ0) is 19.3. The number of nitrogens with zero attached hydrogens (tertiary/aromatic N) is 1. The molecule has 5 nitrogen and oxygen atoms in total. The van der Waals surface area contributed by atoms with Crippen LogP contribution in [0.2, 0.25) is 0 Å². The molecule has 0 aromatic rings. The van der Waals surface area contributed by atoms with Crippen LogP contribution in [0.1, 0.15) is 66.2 Å². The molecule has 0 bridgehead atoms. The number of amides is 1. The summed E-state index contributed by atoms with van der Waals surface area (Å²) in [6.07, 6.45) is 0.772. The number of methoxy groups -OCH3 is 1. The first-order chi connectivity index (χ1) is 11.4. The van der Waals surface area contributed by atoms with E-state index >= 15 is 0 Å². The quantitative estimate of drug-likeness (QED) is 0.657. The predicted octanol–water partition coefficient (Wildman–Crippen LogP) is 4.39. The molecular weight excluding hydrogens is 332 g/mol. The molecule has 0 spiro atoms. The summed E-state index contributed by atoms with van der Waals surface area (Å²) in [5, 5.41) is 0. The minimum Gasteiger partial charge on any atom is -0.469 e. The molecule has 146 valence electrons. The highest BCUT2D eigenvalue weighted by molar-refractivity contribution is 5.71. The van der Waals surface area contributed by atoms with Crippen LogP contribution < -0.4 is 0 Å². The van der Waals surface area contributed by atoms with Gasteiger partial charge in [-0.2, -0.15) is 0 Å². The topological polar surface area (TPSA) is 55.8 Å². The fourth-order valence-corrected chi connectivity index (χ4v) is 2.97. The second kappa shape index (κ2) is 8.81. The van der Waals surface area contributed by atoms with E-state index in [1.165, 1.54) is 7.11 Å².